The van der Waals surface area contributed by atoms with Crippen molar-refractivity contribution < 1.29 is 14.4 Å². The molecule has 1 aromatic carbocycles. The van der Waals surface area contributed by atoms with Crippen LogP contribution < -0.4 is 15.5 Å². The number of nitrogens with one attached hydrogen (secondary N) is 2. The van der Waals surface area contributed by atoms with E-state index in [9.17, 15) is 14.4 Å². The molecule has 1 atom stereocenters. The summed E-state index contributed by atoms with van der Waals surface area (Å²) in [7, 11) is 0. The fourth-order valence-electron chi connectivity index (χ4n) is 4.39. The highest BCUT2D eigenvalue weighted by molar-refractivity contribution is 6.05. The van der Waals surface area contributed by atoms with Crippen LogP contribution in [0.15, 0.2) is 18.2 Å². The smallest absolute Gasteiger partial charge is 0.255 e. The first kappa shape index (κ1) is 14.9. The fraction of sp³-hybridized carbons (Fsp3) is 0.500. The first-order valence-corrected chi connectivity index (χ1v) is 8.78. The summed E-state index contributed by atoms with van der Waals surface area (Å²) in [4.78, 5) is 40.2. The summed E-state index contributed by atoms with van der Waals surface area (Å²) in [5.41, 5.74) is 3.16. The number of fused-ring (bicyclic) bond motifs is 1. The minimum absolute atomic E-state index is 0.105. The third kappa shape index (κ3) is 2.18. The lowest BCUT2D eigenvalue weighted by Crippen LogP contribution is -2.71. The standard InChI is InChI=1S/C18H20N4O3/c23-15-4-3-14(16(24)20-15)22-6-11-1-2-12(5-13(11)17(22)25)21-9-18(10-21)7-19-8-18/h1-2,5,14,19H,3-4,6-10H2,(H,20,23,24)/t14-/m1/s1. The number of hydrogen-bond acceptors (Lipinski definition) is 5. The van der Waals surface area contributed by atoms with Crippen LogP contribution in [-0.4, -0.2) is 54.8 Å². The lowest BCUT2D eigenvalue weighted by molar-refractivity contribution is -0.136. The van der Waals surface area contributed by atoms with Crippen LogP contribution in [0.25, 0.3) is 0 Å². The summed E-state index contributed by atoms with van der Waals surface area (Å²) in [6.45, 7) is 4.66. The van der Waals surface area contributed by atoms with E-state index in [0.29, 0.717) is 23.9 Å². The average molecular weight is 340 g/mol. The molecule has 0 unspecified atom stereocenters. The van der Waals surface area contributed by atoms with Gasteiger partial charge in [-0.15, -0.1) is 0 Å². The van der Waals surface area contributed by atoms with Crippen LogP contribution in [0.1, 0.15) is 28.8 Å². The number of rotatable bonds is 2. The Morgan fingerprint density at radius 3 is 2.60 bits per heavy atom. The number of piperidine rings is 1. The Hall–Kier alpha value is -2.41. The molecule has 130 valence electrons. The first-order valence-electron chi connectivity index (χ1n) is 8.78. The van der Waals surface area contributed by atoms with Crippen molar-refractivity contribution in [3.8, 4) is 0 Å². The maximum absolute atomic E-state index is 12.8. The molecule has 4 heterocycles. The van der Waals surface area contributed by atoms with Gasteiger partial charge in [-0.2, -0.15) is 0 Å². The number of anilines is 1. The summed E-state index contributed by atoms with van der Waals surface area (Å²) >= 11 is 0. The molecule has 4 aliphatic heterocycles. The molecule has 4 aliphatic rings. The molecular formula is C18H20N4O3. The van der Waals surface area contributed by atoms with E-state index in [2.05, 4.69) is 21.6 Å². The van der Waals surface area contributed by atoms with E-state index in [0.717, 1.165) is 37.4 Å². The van der Waals surface area contributed by atoms with Crippen molar-refractivity contribution in [2.45, 2.75) is 25.4 Å². The summed E-state index contributed by atoms with van der Waals surface area (Å²) in [6, 6.07) is 5.48. The average Bonchev–Trinajstić information content (AvgIpc) is 2.81. The molecule has 1 spiro atoms. The molecule has 7 heteroatoms. The molecule has 1 aromatic rings. The summed E-state index contributed by atoms with van der Waals surface area (Å²) in [5.74, 6) is -0.725. The van der Waals surface area contributed by atoms with Gasteiger partial charge in [0.1, 0.15) is 6.04 Å². The van der Waals surface area contributed by atoms with Crippen molar-refractivity contribution in [3.05, 3.63) is 29.3 Å². The maximum Gasteiger partial charge on any atom is 0.255 e. The number of amides is 3. The summed E-state index contributed by atoms with van der Waals surface area (Å²) < 4.78 is 0. The van der Waals surface area contributed by atoms with Gasteiger partial charge in [0.15, 0.2) is 0 Å². The highest BCUT2D eigenvalue weighted by Gasteiger charge is 2.48. The predicted molar refractivity (Wildman–Crippen MR) is 90.0 cm³/mol. The van der Waals surface area contributed by atoms with Gasteiger partial charge in [0.2, 0.25) is 11.8 Å². The second-order valence-corrected chi connectivity index (χ2v) is 7.70. The van der Waals surface area contributed by atoms with Crippen LogP contribution in [0, 0.1) is 5.41 Å². The quantitative estimate of drug-likeness (QED) is 0.732. The Kier molecular flexibility index (Phi) is 3.01. The zero-order valence-electron chi connectivity index (χ0n) is 13.9. The van der Waals surface area contributed by atoms with Crippen molar-refractivity contribution in [1.82, 2.24) is 15.5 Å². The molecule has 7 nitrogen and oxygen atoms in total. The second-order valence-electron chi connectivity index (χ2n) is 7.70. The van der Waals surface area contributed by atoms with Gasteiger partial charge in [-0.1, -0.05) is 6.07 Å². The van der Waals surface area contributed by atoms with Crippen molar-refractivity contribution >= 4 is 23.4 Å². The van der Waals surface area contributed by atoms with Crippen molar-refractivity contribution in [3.63, 3.8) is 0 Å². The Morgan fingerprint density at radius 2 is 1.92 bits per heavy atom. The predicted octanol–water partition coefficient (Wildman–Crippen LogP) is -0.143. The van der Waals surface area contributed by atoms with Crippen LogP contribution in [0.4, 0.5) is 5.69 Å². The van der Waals surface area contributed by atoms with E-state index in [1.54, 1.807) is 4.90 Å². The maximum atomic E-state index is 12.8. The summed E-state index contributed by atoms with van der Waals surface area (Å²) in [5, 5.41) is 5.66. The van der Waals surface area contributed by atoms with E-state index < -0.39 is 6.04 Å². The normalized spacial score (nSPS) is 27.0. The number of nitrogens with zero attached hydrogens (tertiary/aromatic N) is 2. The van der Waals surface area contributed by atoms with Crippen LogP contribution in [0.3, 0.4) is 0 Å². The number of carbonyl (C=O) groups is 3. The summed E-state index contributed by atoms with van der Waals surface area (Å²) in [6.07, 6.45) is 0.685. The van der Waals surface area contributed by atoms with Gasteiger partial charge in [-0.05, 0) is 24.1 Å². The third-order valence-corrected chi connectivity index (χ3v) is 5.93. The van der Waals surface area contributed by atoms with Gasteiger partial charge in [0, 0.05) is 55.8 Å². The van der Waals surface area contributed by atoms with E-state index in [1.807, 2.05) is 12.1 Å². The second kappa shape index (κ2) is 5.05. The lowest BCUT2D eigenvalue weighted by Gasteiger charge is -2.57. The molecule has 0 aliphatic carbocycles. The zero-order chi connectivity index (χ0) is 17.2. The van der Waals surface area contributed by atoms with E-state index >= 15 is 0 Å². The zero-order valence-corrected chi connectivity index (χ0v) is 13.9. The Balaban J connectivity index is 1.35. The van der Waals surface area contributed by atoms with Gasteiger partial charge >= 0.3 is 0 Å². The molecule has 5 rings (SSSR count). The first-order chi connectivity index (χ1) is 12.0. The molecule has 3 saturated heterocycles. The van der Waals surface area contributed by atoms with E-state index in [4.69, 9.17) is 0 Å². The molecular weight excluding hydrogens is 320 g/mol. The number of hydrogen-bond donors (Lipinski definition) is 2. The van der Waals surface area contributed by atoms with Crippen molar-refractivity contribution in [2.24, 2.45) is 5.41 Å². The molecule has 3 amide bonds. The van der Waals surface area contributed by atoms with Crippen molar-refractivity contribution in [1.29, 1.82) is 0 Å². The fourth-order valence-corrected chi connectivity index (χ4v) is 4.39. The Bertz CT molecular complexity index is 794. The molecule has 0 radical (unpaired) electrons. The van der Waals surface area contributed by atoms with Gasteiger partial charge in [0.05, 0.1) is 0 Å². The van der Waals surface area contributed by atoms with Crippen molar-refractivity contribution in [2.75, 3.05) is 31.1 Å². The highest BCUT2D eigenvalue weighted by atomic mass is 16.2. The van der Waals surface area contributed by atoms with Gasteiger partial charge in [-0.3, -0.25) is 19.7 Å². The number of imide groups is 1. The van der Waals surface area contributed by atoms with E-state index in [1.165, 1.54) is 0 Å². The molecule has 0 aromatic heterocycles. The third-order valence-electron chi connectivity index (χ3n) is 5.93. The monoisotopic (exact) mass is 340 g/mol. The van der Waals surface area contributed by atoms with Crippen LogP contribution in [-0.2, 0) is 16.1 Å². The van der Waals surface area contributed by atoms with Crippen LogP contribution in [0.5, 0.6) is 0 Å². The lowest BCUT2D eigenvalue weighted by atomic mass is 9.74. The molecule has 0 bridgehead atoms. The minimum Gasteiger partial charge on any atom is -0.370 e. The number of carbonyl (C=O) groups excluding carboxylic acids is 3. The largest absolute Gasteiger partial charge is 0.370 e. The molecule has 0 saturated carbocycles. The van der Waals surface area contributed by atoms with Crippen LogP contribution in [0.2, 0.25) is 0 Å². The van der Waals surface area contributed by atoms with Gasteiger partial charge < -0.3 is 15.1 Å². The van der Waals surface area contributed by atoms with Gasteiger partial charge in [0.25, 0.3) is 5.91 Å². The molecule has 25 heavy (non-hydrogen) atoms. The Morgan fingerprint density at radius 1 is 1.12 bits per heavy atom. The van der Waals surface area contributed by atoms with E-state index in [-0.39, 0.29) is 24.1 Å². The highest BCUT2D eigenvalue weighted by Crippen LogP contribution is 2.39. The SMILES string of the molecule is O=C1CC[C@@H](N2Cc3ccc(N4CC5(CNC5)C4)cc3C2=O)C(=O)N1. The van der Waals surface area contributed by atoms with Gasteiger partial charge in [-0.25, -0.2) is 0 Å². The number of benzene rings is 1. The minimum atomic E-state index is -0.547. The molecule has 2 N–H and O–H groups in total. The molecule has 3 fully saturated rings. The van der Waals surface area contributed by atoms with Crippen LogP contribution >= 0.6 is 0 Å². The Labute approximate surface area is 145 Å². The topological polar surface area (TPSA) is 81.8 Å².